The van der Waals surface area contributed by atoms with Crippen LogP contribution in [-0.2, 0) is 4.74 Å². The Kier molecular flexibility index (Phi) is 3.82. The number of hydrogen-bond acceptors (Lipinski definition) is 5. The van der Waals surface area contributed by atoms with Gasteiger partial charge in [0.1, 0.15) is 0 Å². The van der Waals surface area contributed by atoms with Crippen LogP contribution in [0.1, 0.15) is 49.1 Å². The predicted octanol–water partition coefficient (Wildman–Crippen LogP) is 3.30. The van der Waals surface area contributed by atoms with Gasteiger partial charge in [-0.3, -0.25) is 4.68 Å². The average Bonchev–Trinajstić information content (AvgIpc) is 3.19. The Balaban J connectivity index is 1.99. The van der Waals surface area contributed by atoms with Gasteiger partial charge < -0.3 is 4.74 Å². The molecule has 106 valence electrons. The molecule has 5 nitrogen and oxygen atoms in total. The minimum absolute atomic E-state index is 0.360. The first-order chi connectivity index (χ1) is 9.79. The smallest absolute Gasteiger partial charge is 0.358 e. The molecule has 0 bridgehead atoms. The number of nitrogens with zero attached hydrogens (tertiary/aromatic N) is 3. The molecule has 2 heterocycles. The molecule has 0 unspecified atom stereocenters. The van der Waals surface area contributed by atoms with Crippen molar-refractivity contribution in [1.29, 1.82) is 0 Å². The topological polar surface area (TPSA) is 57.0 Å². The first kappa shape index (κ1) is 13.3. The van der Waals surface area contributed by atoms with Gasteiger partial charge in [-0.15, -0.1) is 11.3 Å². The van der Waals surface area contributed by atoms with Gasteiger partial charge in [0.05, 0.1) is 29.5 Å². The molecule has 2 aromatic heterocycles. The van der Waals surface area contributed by atoms with Crippen molar-refractivity contribution in [3.05, 3.63) is 22.7 Å². The standard InChI is InChI=1S/C14H17N3O2S/c1-2-19-14(18)11-7-13(12-8-20-9-15-12)17(16-11)10-5-3-4-6-10/h7-10H,2-6H2,1H3. The summed E-state index contributed by atoms with van der Waals surface area (Å²) in [7, 11) is 0. The van der Waals surface area contributed by atoms with Gasteiger partial charge in [0.25, 0.3) is 0 Å². The Labute approximate surface area is 121 Å². The lowest BCUT2D eigenvalue weighted by atomic mass is 10.2. The first-order valence-electron chi connectivity index (χ1n) is 6.95. The van der Waals surface area contributed by atoms with Crippen LogP contribution in [0.2, 0.25) is 0 Å². The van der Waals surface area contributed by atoms with E-state index in [0.29, 0.717) is 18.3 Å². The van der Waals surface area contributed by atoms with Crippen LogP contribution in [0.3, 0.4) is 0 Å². The third-order valence-corrected chi connectivity index (χ3v) is 4.17. The van der Waals surface area contributed by atoms with Gasteiger partial charge in [-0.1, -0.05) is 12.8 Å². The van der Waals surface area contributed by atoms with Crippen LogP contribution >= 0.6 is 11.3 Å². The molecule has 1 aliphatic rings. The molecule has 1 saturated carbocycles. The second-order valence-corrected chi connectivity index (χ2v) is 5.61. The zero-order chi connectivity index (χ0) is 13.9. The van der Waals surface area contributed by atoms with Crippen molar-refractivity contribution in [2.24, 2.45) is 0 Å². The van der Waals surface area contributed by atoms with E-state index in [0.717, 1.165) is 24.2 Å². The lowest BCUT2D eigenvalue weighted by Crippen LogP contribution is -2.11. The van der Waals surface area contributed by atoms with Crippen molar-refractivity contribution in [2.75, 3.05) is 6.61 Å². The number of hydrogen-bond donors (Lipinski definition) is 0. The zero-order valence-corrected chi connectivity index (χ0v) is 12.2. The summed E-state index contributed by atoms with van der Waals surface area (Å²) >= 11 is 1.55. The Hall–Kier alpha value is -1.69. The maximum Gasteiger partial charge on any atom is 0.358 e. The van der Waals surface area contributed by atoms with E-state index < -0.39 is 0 Å². The zero-order valence-electron chi connectivity index (χ0n) is 11.4. The summed E-state index contributed by atoms with van der Waals surface area (Å²) in [5.41, 5.74) is 3.97. The number of ether oxygens (including phenoxy) is 1. The number of rotatable bonds is 4. The van der Waals surface area contributed by atoms with E-state index >= 15 is 0 Å². The summed E-state index contributed by atoms with van der Waals surface area (Å²) in [6.45, 7) is 2.16. The van der Waals surface area contributed by atoms with Crippen molar-refractivity contribution >= 4 is 17.3 Å². The average molecular weight is 291 g/mol. The molecule has 0 atom stereocenters. The Morgan fingerprint density at radius 1 is 1.50 bits per heavy atom. The van der Waals surface area contributed by atoms with E-state index in [2.05, 4.69) is 10.1 Å². The van der Waals surface area contributed by atoms with Crippen LogP contribution in [0.4, 0.5) is 0 Å². The van der Waals surface area contributed by atoms with Gasteiger partial charge in [0.15, 0.2) is 5.69 Å². The van der Waals surface area contributed by atoms with Crippen LogP contribution in [0.5, 0.6) is 0 Å². The largest absolute Gasteiger partial charge is 0.461 e. The molecule has 0 spiro atoms. The molecule has 1 fully saturated rings. The van der Waals surface area contributed by atoms with E-state index in [1.807, 2.05) is 10.1 Å². The minimum Gasteiger partial charge on any atom is -0.461 e. The Bertz CT molecular complexity index is 586. The van der Waals surface area contributed by atoms with Gasteiger partial charge in [-0.2, -0.15) is 5.10 Å². The predicted molar refractivity (Wildman–Crippen MR) is 76.8 cm³/mol. The van der Waals surface area contributed by atoms with Gasteiger partial charge in [-0.25, -0.2) is 9.78 Å². The molecule has 0 N–H and O–H groups in total. The molecule has 2 aromatic rings. The van der Waals surface area contributed by atoms with E-state index in [-0.39, 0.29) is 5.97 Å². The normalized spacial score (nSPS) is 15.7. The SMILES string of the molecule is CCOC(=O)c1cc(-c2cscn2)n(C2CCCC2)n1. The van der Waals surface area contributed by atoms with Crippen molar-refractivity contribution in [3.63, 3.8) is 0 Å². The molecule has 6 heteroatoms. The van der Waals surface area contributed by atoms with Crippen molar-refractivity contribution < 1.29 is 9.53 Å². The quantitative estimate of drug-likeness (QED) is 0.811. The number of thiazole rings is 1. The molecule has 3 rings (SSSR count). The maximum atomic E-state index is 11.9. The van der Waals surface area contributed by atoms with Crippen LogP contribution in [0.25, 0.3) is 11.4 Å². The number of carbonyl (C=O) groups is 1. The van der Waals surface area contributed by atoms with E-state index in [1.165, 1.54) is 12.8 Å². The van der Waals surface area contributed by atoms with E-state index in [1.54, 1.807) is 29.8 Å². The number of esters is 1. The fourth-order valence-electron chi connectivity index (χ4n) is 2.66. The molecule has 0 saturated heterocycles. The molecule has 1 aliphatic carbocycles. The Morgan fingerprint density at radius 3 is 2.95 bits per heavy atom. The summed E-state index contributed by atoms with van der Waals surface area (Å²) in [4.78, 5) is 16.2. The fourth-order valence-corrected chi connectivity index (χ4v) is 3.20. The highest BCUT2D eigenvalue weighted by atomic mass is 32.1. The van der Waals surface area contributed by atoms with Gasteiger partial charge in [0.2, 0.25) is 0 Å². The van der Waals surface area contributed by atoms with Gasteiger partial charge in [-0.05, 0) is 19.8 Å². The summed E-state index contributed by atoms with van der Waals surface area (Å²) in [6.07, 6.45) is 4.66. The highest BCUT2D eigenvalue weighted by Crippen LogP contribution is 2.33. The van der Waals surface area contributed by atoms with Crippen molar-refractivity contribution in [3.8, 4) is 11.4 Å². The second kappa shape index (κ2) is 5.75. The highest BCUT2D eigenvalue weighted by molar-refractivity contribution is 7.07. The third-order valence-electron chi connectivity index (χ3n) is 3.59. The van der Waals surface area contributed by atoms with Crippen LogP contribution in [0.15, 0.2) is 17.0 Å². The molecule has 0 aliphatic heterocycles. The van der Waals surface area contributed by atoms with Gasteiger partial charge >= 0.3 is 5.97 Å². The van der Waals surface area contributed by atoms with Crippen molar-refractivity contribution in [2.45, 2.75) is 38.6 Å². The number of aromatic nitrogens is 3. The van der Waals surface area contributed by atoms with E-state index in [4.69, 9.17) is 4.74 Å². The summed E-state index contributed by atoms with van der Waals surface area (Å²) in [6, 6.07) is 2.17. The fraction of sp³-hybridized carbons (Fsp3) is 0.500. The van der Waals surface area contributed by atoms with E-state index in [9.17, 15) is 4.79 Å². The second-order valence-electron chi connectivity index (χ2n) is 4.89. The summed E-state index contributed by atoms with van der Waals surface area (Å²) in [5, 5.41) is 6.46. The maximum absolute atomic E-state index is 11.9. The molecule has 0 amide bonds. The molecule has 0 aromatic carbocycles. The van der Waals surface area contributed by atoms with Crippen LogP contribution < -0.4 is 0 Å². The molecular weight excluding hydrogens is 274 g/mol. The monoisotopic (exact) mass is 291 g/mol. The first-order valence-corrected chi connectivity index (χ1v) is 7.89. The lowest BCUT2D eigenvalue weighted by Gasteiger charge is -2.12. The molecular formula is C14H17N3O2S. The highest BCUT2D eigenvalue weighted by Gasteiger charge is 2.24. The summed E-state index contributed by atoms with van der Waals surface area (Å²) < 4.78 is 7.01. The summed E-state index contributed by atoms with van der Waals surface area (Å²) in [5.74, 6) is -0.360. The third kappa shape index (κ3) is 2.47. The minimum atomic E-state index is -0.360. The molecule has 0 radical (unpaired) electrons. The molecule has 20 heavy (non-hydrogen) atoms. The lowest BCUT2D eigenvalue weighted by molar-refractivity contribution is 0.0518. The van der Waals surface area contributed by atoms with Crippen LogP contribution in [0, 0.1) is 0 Å². The van der Waals surface area contributed by atoms with Crippen molar-refractivity contribution in [1.82, 2.24) is 14.8 Å². The Morgan fingerprint density at radius 2 is 2.30 bits per heavy atom. The van der Waals surface area contributed by atoms with Crippen LogP contribution in [-0.4, -0.2) is 27.3 Å². The van der Waals surface area contributed by atoms with Gasteiger partial charge in [0, 0.05) is 11.4 Å². The number of carbonyl (C=O) groups excluding carboxylic acids is 1.